The molecule has 2 heteroatoms. The lowest BCUT2D eigenvalue weighted by Gasteiger charge is -2.08. The number of hydrogen-bond donors (Lipinski definition) is 0. The van der Waals surface area contributed by atoms with Gasteiger partial charge < -0.3 is 4.74 Å². The van der Waals surface area contributed by atoms with Gasteiger partial charge in [-0.05, 0) is 30.5 Å². The van der Waals surface area contributed by atoms with Crippen LogP contribution in [-0.4, -0.2) is 11.6 Å². The zero-order valence-corrected chi connectivity index (χ0v) is 11.0. The average molecular weight is 241 g/mol. The van der Waals surface area contributed by atoms with Gasteiger partial charge in [0.2, 0.25) is 5.88 Å². The predicted molar refractivity (Wildman–Crippen MR) is 74.0 cm³/mol. The topological polar surface area (TPSA) is 22.1 Å². The van der Waals surface area contributed by atoms with Crippen molar-refractivity contribution in [1.82, 2.24) is 4.98 Å². The molecule has 0 aliphatic rings. The molecule has 18 heavy (non-hydrogen) atoms. The van der Waals surface area contributed by atoms with Crippen LogP contribution in [0.25, 0.3) is 0 Å². The number of aromatic nitrogens is 1. The fraction of sp³-hybridized carbons (Fsp3) is 0.312. The number of ether oxygens (including phenoxy) is 1. The Labute approximate surface area is 109 Å². The molecule has 2 aromatic rings. The van der Waals surface area contributed by atoms with E-state index in [9.17, 15) is 0 Å². The second-order valence-electron chi connectivity index (χ2n) is 4.41. The summed E-state index contributed by atoms with van der Waals surface area (Å²) in [6, 6.07) is 14.5. The lowest BCUT2D eigenvalue weighted by atomic mass is 10.2. The molecule has 94 valence electrons. The normalized spacial score (nSPS) is 10.3. The van der Waals surface area contributed by atoms with Gasteiger partial charge in [0.1, 0.15) is 0 Å². The van der Waals surface area contributed by atoms with Gasteiger partial charge in [-0.2, -0.15) is 0 Å². The highest BCUT2D eigenvalue weighted by atomic mass is 16.5. The Morgan fingerprint density at radius 3 is 2.61 bits per heavy atom. The van der Waals surface area contributed by atoms with Crippen LogP contribution in [0.15, 0.2) is 42.5 Å². The first kappa shape index (κ1) is 12.6. The number of hydrogen-bond acceptors (Lipinski definition) is 2. The Morgan fingerprint density at radius 2 is 1.89 bits per heavy atom. The lowest BCUT2D eigenvalue weighted by Crippen LogP contribution is -2.04. The van der Waals surface area contributed by atoms with Crippen molar-refractivity contribution in [3.63, 3.8) is 0 Å². The smallest absolute Gasteiger partial charge is 0.213 e. The van der Waals surface area contributed by atoms with E-state index in [0.29, 0.717) is 6.61 Å². The summed E-state index contributed by atoms with van der Waals surface area (Å²) < 4.78 is 5.72. The quantitative estimate of drug-likeness (QED) is 0.798. The van der Waals surface area contributed by atoms with E-state index < -0.39 is 0 Å². The maximum absolute atomic E-state index is 5.72. The van der Waals surface area contributed by atoms with Gasteiger partial charge in [-0.1, -0.05) is 37.3 Å². The van der Waals surface area contributed by atoms with Gasteiger partial charge in [0.15, 0.2) is 0 Å². The molecule has 0 bridgehead atoms. The van der Waals surface area contributed by atoms with E-state index >= 15 is 0 Å². The van der Waals surface area contributed by atoms with Gasteiger partial charge in [-0.15, -0.1) is 0 Å². The molecule has 0 aliphatic heterocycles. The van der Waals surface area contributed by atoms with Crippen molar-refractivity contribution in [2.24, 2.45) is 0 Å². The molecule has 0 N–H and O–H groups in total. The maximum atomic E-state index is 5.72. The Balaban J connectivity index is 1.92. The predicted octanol–water partition coefficient (Wildman–Crippen LogP) is 3.57. The van der Waals surface area contributed by atoms with Gasteiger partial charge >= 0.3 is 0 Å². The molecule has 2 rings (SSSR count). The molecule has 0 aliphatic carbocycles. The second kappa shape index (κ2) is 6.20. The SMILES string of the molecule is CCc1cc(C)cc(OCCc2ccccc2)n1. The monoisotopic (exact) mass is 241 g/mol. The fourth-order valence-corrected chi connectivity index (χ4v) is 1.88. The summed E-state index contributed by atoms with van der Waals surface area (Å²) in [6.07, 6.45) is 1.86. The molecule has 1 aromatic heterocycles. The summed E-state index contributed by atoms with van der Waals surface area (Å²) >= 11 is 0. The molecule has 0 atom stereocenters. The fourth-order valence-electron chi connectivity index (χ4n) is 1.88. The molecule has 0 saturated heterocycles. The Morgan fingerprint density at radius 1 is 1.11 bits per heavy atom. The van der Waals surface area contributed by atoms with Crippen molar-refractivity contribution in [3.05, 3.63) is 59.3 Å². The van der Waals surface area contributed by atoms with Crippen LogP contribution in [0.2, 0.25) is 0 Å². The highest BCUT2D eigenvalue weighted by Crippen LogP contribution is 2.13. The number of rotatable bonds is 5. The lowest BCUT2D eigenvalue weighted by molar-refractivity contribution is 0.308. The third-order valence-corrected chi connectivity index (χ3v) is 2.84. The molecule has 0 saturated carbocycles. The van der Waals surface area contributed by atoms with E-state index in [1.54, 1.807) is 0 Å². The summed E-state index contributed by atoms with van der Waals surface area (Å²) in [5.41, 5.74) is 3.59. The summed E-state index contributed by atoms with van der Waals surface area (Å²) in [4.78, 5) is 4.46. The molecular formula is C16H19NO. The van der Waals surface area contributed by atoms with E-state index in [1.807, 2.05) is 12.1 Å². The van der Waals surface area contributed by atoms with Crippen LogP contribution in [-0.2, 0) is 12.8 Å². The molecule has 0 amide bonds. The zero-order valence-electron chi connectivity index (χ0n) is 11.0. The molecule has 2 nitrogen and oxygen atoms in total. The number of aryl methyl sites for hydroxylation is 2. The summed E-state index contributed by atoms with van der Waals surface area (Å²) in [5, 5.41) is 0. The number of pyridine rings is 1. The van der Waals surface area contributed by atoms with Crippen molar-refractivity contribution in [1.29, 1.82) is 0 Å². The number of nitrogens with zero attached hydrogens (tertiary/aromatic N) is 1. The molecule has 0 fully saturated rings. The van der Waals surface area contributed by atoms with E-state index in [0.717, 1.165) is 24.4 Å². The molecule has 0 unspecified atom stereocenters. The molecular weight excluding hydrogens is 222 g/mol. The Bertz CT molecular complexity index is 494. The third kappa shape index (κ3) is 3.59. The summed E-state index contributed by atoms with van der Waals surface area (Å²) in [7, 11) is 0. The van der Waals surface area contributed by atoms with Gasteiger partial charge in [0, 0.05) is 18.2 Å². The van der Waals surface area contributed by atoms with Gasteiger partial charge in [-0.25, -0.2) is 4.98 Å². The Hall–Kier alpha value is -1.83. The molecule has 0 radical (unpaired) electrons. The first-order valence-electron chi connectivity index (χ1n) is 6.42. The van der Waals surface area contributed by atoms with Gasteiger partial charge in [0.05, 0.1) is 6.61 Å². The first-order chi connectivity index (χ1) is 8.78. The zero-order chi connectivity index (χ0) is 12.8. The van der Waals surface area contributed by atoms with Crippen molar-refractivity contribution in [2.45, 2.75) is 26.7 Å². The minimum Gasteiger partial charge on any atom is -0.477 e. The summed E-state index contributed by atoms with van der Waals surface area (Å²) in [6.45, 7) is 4.85. The molecule has 1 heterocycles. The van der Waals surface area contributed by atoms with Crippen LogP contribution < -0.4 is 4.74 Å². The van der Waals surface area contributed by atoms with Crippen LogP contribution in [0, 0.1) is 6.92 Å². The largest absolute Gasteiger partial charge is 0.477 e. The maximum Gasteiger partial charge on any atom is 0.213 e. The van der Waals surface area contributed by atoms with E-state index in [4.69, 9.17) is 4.74 Å². The number of benzene rings is 1. The van der Waals surface area contributed by atoms with Gasteiger partial charge in [0.25, 0.3) is 0 Å². The van der Waals surface area contributed by atoms with Crippen molar-refractivity contribution < 1.29 is 4.74 Å². The van der Waals surface area contributed by atoms with Crippen LogP contribution >= 0.6 is 0 Å². The average Bonchev–Trinajstić information content (AvgIpc) is 2.39. The summed E-state index contributed by atoms with van der Waals surface area (Å²) in [5.74, 6) is 0.739. The van der Waals surface area contributed by atoms with Crippen LogP contribution in [0.1, 0.15) is 23.7 Å². The highest BCUT2D eigenvalue weighted by molar-refractivity contribution is 5.24. The van der Waals surface area contributed by atoms with Crippen molar-refractivity contribution >= 4 is 0 Å². The van der Waals surface area contributed by atoms with Gasteiger partial charge in [-0.3, -0.25) is 0 Å². The second-order valence-corrected chi connectivity index (χ2v) is 4.41. The molecule has 0 spiro atoms. The van der Waals surface area contributed by atoms with E-state index in [1.165, 1.54) is 11.1 Å². The van der Waals surface area contributed by atoms with Crippen molar-refractivity contribution in [3.8, 4) is 5.88 Å². The third-order valence-electron chi connectivity index (χ3n) is 2.84. The van der Waals surface area contributed by atoms with Crippen LogP contribution in [0.3, 0.4) is 0 Å². The van der Waals surface area contributed by atoms with Crippen LogP contribution in [0.4, 0.5) is 0 Å². The first-order valence-corrected chi connectivity index (χ1v) is 6.42. The molecule has 1 aromatic carbocycles. The highest BCUT2D eigenvalue weighted by Gasteiger charge is 2.00. The van der Waals surface area contributed by atoms with E-state index in [-0.39, 0.29) is 0 Å². The van der Waals surface area contributed by atoms with Crippen molar-refractivity contribution in [2.75, 3.05) is 6.61 Å². The minimum absolute atomic E-state index is 0.670. The minimum atomic E-state index is 0.670. The standard InChI is InChI=1S/C16H19NO/c1-3-15-11-13(2)12-16(17-15)18-10-9-14-7-5-4-6-8-14/h4-8,11-12H,3,9-10H2,1-2H3. The Kier molecular flexibility index (Phi) is 4.35. The van der Waals surface area contributed by atoms with E-state index in [2.05, 4.69) is 49.2 Å². The van der Waals surface area contributed by atoms with Crippen LogP contribution in [0.5, 0.6) is 5.88 Å².